The van der Waals surface area contributed by atoms with Crippen molar-refractivity contribution in [1.82, 2.24) is 4.98 Å². The molecule has 3 saturated heterocycles. The van der Waals surface area contributed by atoms with Gasteiger partial charge in [-0.3, -0.25) is 4.98 Å². The highest BCUT2D eigenvalue weighted by molar-refractivity contribution is 5.82. The molecule has 0 saturated carbocycles. The molecule has 0 aliphatic carbocycles. The number of aliphatic hydroxyl groups excluding tert-OH is 1. The number of nitrogens with zero attached hydrogens (tertiary/aromatic N) is 2. The molecular weight excluding hydrogens is 411 g/mol. The lowest BCUT2D eigenvalue weighted by Gasteiger charge is -2.56. The lowest BCUT2D eigenvalue weighted by atomic mass is 9.72. The van der Waals surface area contributed by atoms with E-state index in [-0.39, 0.29) is 30.0 Å². The molecule has 0 spiro atoms. The number of aliphatic hydroxyl groups is 1. The quantitative estimate of drug-likeness (QED) is 0.427. The van der Waals surface area contributed by atoms with Gasteiger partial charge in [-0.1, -0.05) is 24.3 Å². The molecule has 4 heteroatoms. The summed E-state index contributed by atoms with van der Waals surface area (Å²) in [5, 5.41) is 12.3. The molecule has 0 radical (unpaired) electrons. The Morgan fingerprint density at radius 3 is 2.88 bits per heavy atom. The van der Waals surface area contributed by atoms with Gasteiger partial charge in [0.25, 0.3) is 0 Å². The van der Waals surface area contributed by atoms with Crippen molar-refractivity contribution < 1.29 is 33.6 Å². The third-order valence-electron chi connectivity index (χ3n) is 6.26. The molecule has 5 rings (SSSR count). The van der Waals surface area contributed by atoms with Gasteiger partial charge < -0.3 is 33.6 Å². The van der Waals surface area contributed by atoms with Crippen LogP contribution in [-0.4, -0.2) is 40.8 Å². The average Bonchev–Trinajstić information content (AvgIpc) is 2.60. The van der Waals surface area contributed by atoms with E-state index in [0.29, 0.717) is 11.8 Å². The van der Waals surface area contributed by atoms with Gasteiger partial charge in [-0.05, 0) is 23.6 Å². The van der Waals surface area contributed by atoms with E-state index < -0.39 is 6.10 Å². The third-order valence-corrected chi connectivity index (χ3v) is 6.26. The lowest BCUT2D eigenvalue weighted by Crippen LogP contribution is -3.00. The summed E-state index contributed by atoms with van der Waals surface area (Å²) in [5.41, 5.74) is 1.99. The molecule has 2 bridgehead atoms. The van der Waals surface area contributed by atoms with Gasteiger partial charge in [-0.25, -0.2) is 0 Å². The molecule has 2 aromatic rings. The van der Waals surface area contributed by atoms with Crippen LogP contribution in [0.1, 0.15) is 24.5 Å². The summed E-state index contributed by atoms with van der Waals surface area (Å²) in [6, 6.07) is 10.4. The first kappa shape index (κ1) is 17.8. The van der Waals surface area contributed by atoms with Crippen molar-refractivity contribution >= 4 is 10.9 Å². The van der Waals surface area contributed by atoms with Crippen molar-refractivity contribution in [2.45, 2.75) is 25.0 Å². The van der Waals surface area contributed by atoms with E-state index in [4.69, 9.17) is 0 Å². The molecule has 128 valence electrons. The standard InChI is InChI=1S/C20H25N2O.HI/c1-3-14-13-22(2)11-9-15(14)12-19(22)20(23)17-8-10-21-18-7-5-4-6-16(17)18;/h3-8,10,14-15,19-20,23H,1,9,11-13H2,2H3;1H/q+1;/p-1. The monoisotopic (exact) mass is 436 g/mol. The molecule has 3 fully saturated rings. The number of benzene rings is 1. The van der Waals surface area contributed by atoms with E-state index in [1.54, 1.807) is 0 Å². The molecule has 4 heterocycles. The summed E-state index contributed by atoms with van der Waals surface area (Å²) in [6.07, 6.45) is 5.87. The number of hydrogen-bond donors (Lipinski definition) is 1. The molecule has 0 amide bonds. The normalized spacial score (nSPS) is 33.0. The first-order chi connectivity index (χ1) is 11.1. The number of rotatable bonds is 3. The molecule has 3 aliphatic rings. The number of aromatic nitrogens is 1. The van der Waals surface area contributed by atoms with Crippen molar-refractivity contribution in [3.8, 4) is 0 Å². The maximum absolute atomic E-state index is 11.2. The van der Waals surface area contributed by atoms with Gasteiger partial charge in [0.2, 0.25) is 0 Å². The number of fused-ring (bicyclic) bond motifs is 4. The van der Waals surface area contributed by atoms with Crippen molar-refractivity contribution in [2.75, 3.05) is 20.1 Å². The zero-order valence-electron chi connectivity index (χ0n) is 14.1. The summed E-state index contributed by atoms with van der Waals surface area (Å²) in [5.74, 6) is 1.28. The summed E-state index contributed by atoms with van der Waals surface area (Å²) in [4.78, 5) is 4.43. The van der Waals surface area contributed by atoms with E-state index >= 15 is 0 Å². The Morgan fingerprint density at radius 2 is 2.12 bits per heavy atom. The average molecular weight is 436 g/mol. The smallest absolute Gasteiger partial charge is 0.131 e. The van der Waals surface area contributed by atoms with Crippen molar-refractivity contribution in [2.24, 2.45) is 11.8 Å². The number of halogens is 1. The van der Waals surface area contributed by atoms with Crippen LogP contribution in [0, 0.1) is 11.8 Å². The fourth-order valence-corrected chi connectivity index (χ4v) is 4.88. The van der Waals surface area contributed by atoms with Crippen LogP contribution in [0.5, 0.6) is 0 Å². The van der Waals surface area contributed by atoms with Gasteiger partial charge in [0, 0.05) is 30.3 Å². The Morgan fingerprint density at radius 1 is 1.33 bits per heavy atom. The second-order valence-electron chi connectivity index (χ2n) is 7.50. The highest BCUT2D eigenvalue weighted by atomic mass is 127. The first-order valence-electron chi connectivity index (χ1n) is 8.61. The van der Waals surface area contributed by atoms with Crippen LogP contribution < -0.4 is 24.0 Å². The van der Waals surface area contributed by atoms with Crippen molar-refractivity contribution in [3.63, 3.8) is 0 Å². The minimum atomic E-state index is -0.429. The van der Waals surface area contributed by atoms with Crippen LogP contribution in [0.15, 0.2) is 49.2 Å². The fraction of sp³-hybridized carbons (Fsp3) is 0.450. The van der Waals surface area contributed by atoms with Gasteiger partial charge in [-0.2, -0.15) is 0 Å². The summed E-state index contributed by atoms with van der Waals surface area (Å²) in [6.45, 7) is 6.30. The van der Waals surface area contributed by atoms with Crippen LogP contribution in [0.4, 0.5) is 0 Å². The topological polar surface area (TPSA) is 33.1 Å². The SMILES string of the molecule is C=CC1C[N+]2(C)CCC1CC2C(O)c1ccnc2ccccc12.[I-]. The Balaban J connectivity index is 0.00000169. The number of pyridine rings is 1. The summed E-state index contributed by atoms with van der Waals surface area (Å²) >= 11 is 0. The largest absolute Gasteiger partial charge is 1.00 e. The lowest BCUT2D eigenvalue weighted by molar-refractivity contribution is -0.956. The molecular formula is C20H25IN2O. The second-order valence-corrected chi connectivity index (χ2v) is 7.50. The minimum absolute atomic E-state index is 0. The zero-order valence-corrected chi connectivity index (χ0v) is 16.3. The zero-order chi connectivity index (χ0) is 16.0. The van der Waals surface area contributed by atoms with Gasteiger partial charge in [0.05, 0.1) is 25.7 Å². The summed E-state index contributed by atoms with van der Waals surface area (Å²) in [7, 11) is 2.31. The van der Waals surface area contributed by atoms with Crippen LogP contribution >= 0.6 is 0 Å². The molecule has 5 atom stereocenters. The fourth-order valence-electron chi connectivity index (χ4n) is 4.88. The highest BCUT2D eigenvalue weighted by Gasteiger charge is 2.51. The highest BCUT2D eigenvalue weighted by Crippen LogP contribution is 2.45. The molecule has 24 heavy (non-hydrogen) atoms. The molecule has 1 N–H and O–H groups in total. The van der Waals surface area contributed by atoms with E-state index in [1.165, 1.54) is 13.0 Å². The Kier molecular flexibility index (Phi) is 5.00. The van der Waals surface area contributed by atoms with Crippen LogP contribution in [-0.2, 0) is 0 Å². The minimum Gasteiger partial charge on any atom is -1.00 e. The van der Waals surface area contributed by atoms with Gasteiger partial charge in [0.1, 0.15) is 12.1 Å². The van der Waals surface area contributed by atoms with Crippen LogP contribution in [0.3, 0.4) is 0 Å². The molecule has 5 unspecified atom stereocenters. The molecule has 1 aromatic heterocycles. The summed E-state index contributed by atoms with van der Waals surface area (Å²) < 4.78 is 0.963. The predicted octanol–water partition coefficient (Wildman–Crippen LogP) is 0.313. The Hall–Kier alpha value is -0.980. The Bertz CT molecular complexity index is 744. The van der Waals surface area contributed by atoms with E-state index in [0.717, 1.165) is 33.9 Å². The van der Waals surface area contributed by atoms with Crippen molar-refractivity contribution in [1.29, 1.82) is 0 Å². The maximum atomic E-state index is 11.2. The number of likely N-dealkylation sites (N-methyl/N-ethyl adjacent to an activating group) is 1. The number of quaternary nitrogens is 1. The van der Waals surface area contributed by atoms with E-state index in [2.05, 4.69) is 30.8 Å². The Labute approximate surface area is 161 Å². The maximum Gasteiger partial charge on any atom is 0.131 e. The predicted molar refractivity (Wildman–Crippen MR) is 92.8 cm³/mol. The molecule has 3 aliphatic heterocycles. The van der Waals surface area contributed by atoms with Crippen LogP contribution in [0.25, 0.3) is 10.9 Å². The molecule has 3 nitrogen and oxygen atoms in total. The van der Waals surface area contributed by atoms with Gasteiger partial charge >= 0.3 is 0 Å². The third kappa shape index (κ3) is 2.78. The number of piperidine rings is 3. The van der Waals surface area contributed by atoms with Crippen LogP contribution in [0.2, 0.25) is 0 Å². The molecule has 1 aromatic carbocycles. The van der Waals surface area contributed by atoms with Gasteiger partial charge in [-0.15, -0.1) is 6.58 Å². The van der Waals surface area contributed by atoms with Crippen molar-refractivity contribution in [3.05, 3.63) is 54.7 Å². The van der Waals surface area contributed by atoms with Gasteiger partial charge in [0.15, 0.2) is 0 Å². The first-order valence-corrected chi connectivity index (χ1v) is 8.61. The number of para-hydroxylation sites is 1. The van der Waals surface area contributed by atoms with E-state index in [9.17, 15) is 5.11 Å². The second kappa shape index (κ2) is 6.73. The van der Waals surface area contributed by atoms with E-state index in [1.807, 2.05) is 30.5 Å². The number of hydrogen-bond acceptors (Lipinski definition) is 2.